The molecule has 1 amide bonds. The van der Waals surface area contributed by atoms with E-state index in [4.69, 9.17) is 9.63 Å². The first-order valence-electron chi connectivity index (χ1n) is 8.35. The maximum atomic E-state index is 12.3. The van der Waals surface area contributed by atoms with E-state index in [2.05, 4.69) is 17.4 Å². The van der Waals surface area contributed by atoms with E-state index in [1.54, 1.807) is 0 Å². The topological polar surface area (TPSA) is 75.4 Å². The Bertz CT molecular complexity index is 676. The summed E-state index contributed by atoms with van der Waals surface area (Å²) < 4.78 is 5.24. The molecule has 5 nitrogen and oxygen atoms in total. The average Bonchev–Trinajstić information content (AvgIpc) is 2.90. The highest BCUT2D eigenvalue weighted by molar-refractivity contribution is 5.86. The second-order valence-electron chi connectivity index (χ2n) is 6.71. The third-order valence-corrected chi connectivity index (χ3v) is 5.37. The van der Waals surface area contributed by atoms with Gasteiger partial charge in [-0.1, -0.05) is 30.6 Å². The van der Waals surface area contributed by atoms with Gasteiger partial charge in [-0.3, -0.25) is 4.79 Å². The summed E-state index contributed by atoms with van der Waals surface area (Å²) in [7, 11) is 0. The van der Waals surface area contributed by atoms with Gasteiger partial charge >= 0.3 is 0 Å². The van der Waals surface area contributed by atoms with Gasteiger partial charge in [0.15, 0.2) is 5.58 Å². The van der Waals surface area contributed by atoms with Crippen molar-refractivity contribution in [3.05, 3.63) is 30.0 Å². The minimum Gasteiger partial charge on any atom is -0.396 e. The van der Waals surface area contributed by atoms with Crippen LogP contribution in [0.3, 0.4) is 0 Å². The van der Waals surface area contributed by atoms with Gasteiger partial charge in [0.05, 0.1) is 6.42 Å². The van der Waals surface area contributed by atoms with Crippen LogP contribution in [0.5, 0.6) is 0 Å². The second-order valence-corrected chi connectivity index (χ2v) is 6.71. The van der Waals surface area contributed by atoms with E-state index in [1.807, 2.05) is 24.3 Å². The molecule has 1 aromatic heterocycles. The molecule has 1 heterocycles. The largest absolute Gasteiger partial charge is 0.396 e. The minimum atomic E-state index is -0.0217. The number of hydrogen-bond acceptors (Lipinski definition) is 4. The van der Waals surface area contributed by atoms with Crippen LogP contribution in [-0.4, -0.2) is 29.3 Å². The van der Waals surface area contributed by atoms with E-state index in [-0.39, 0.29) is 24.3 Å². The van der Waals surface area contributed by atoms with E-state index in [1.165, 1.54) is 6.42 Å². The van der Waals surface area contributed by atoms with Gasteiger partial charge in [0.25, 0.3) is 0 Å². The van der Waals surface area contributed by atoms with E-state index < -0.39 is 0 Å². The number of aromatic nitrogens is 1. The molecular weight excluding hydrogens is 292 g/mol. The number of fused-ring (bicyclic) bond motifs is 1. The summed E-state index contributed by atoms with van der Waals surface area (Å²) in [5.41, 5.74) is 1.55. The SMILES string of the molecule is CC(CCO)C1(CNC(=O)Cc2noc3ccccc23)CCC1. The summed E-state index contributed by atoms with van der Waals surface area (Å²) in [6, 6.07) is 7.58. The van der Waals surface area contributed by atoms with E-state index in [9.17, 15) is 4.79 Å². The normalized spacial score (nSPS) is 17.7. The van der Waals surface area contributed by atoms with Gasteiger partial charge in [0.2, 0.25) is 5.91 Å². The van der Waals surface area contributed by atoms with Crippen molar-refractivity contribution in [1.29, 1.82) is 0 Å². The molecule has 0 bridgehead atoms. The molecule has 1 fully saturated rings. The Kier molecular flexibility index (Phi) is 4.66. The van der Waals surface area contributed by atoms with Crippen LogP contribution in [-0.2, 0) is 11.2 Å². The highest BCUT2D eigenvalue weighted by Gasteiger charge is 2.41. The summed E-state index contributed by atoms with van der Waals surface area (Å²) in [4.78, 5) is 12.3. The molecule has 1 aliphatic carbocycles. The summed E-state index contributed by atoms with van der Waals surface area (Å²) in [6.07, 6.45) is 4.49. The highest BCUT2D eigenvalue weighted by Crippen LogP contribution is 2.47. The summed E-state index contributed by atoms with van der Waals surface area (Å²) in [5, 5.41) is 17.1. The number of carbonyl (C=O) groups is 1. The number of para-hydroxylation sites is 1. The third-order valence-electron chi connectivity index (χ3n) is 5.37. The van der Waals surface area contributed by atoms with Crippen molar-refractivity contribution in [2.45, 2.75) is 39.0 Å². The molecular formula is C18H24N2O3. The summed E-state index contributed by atoms with van der Waals surface area (Å²) in [6.45, 7) is 3.07. The van der Waals surface area contributed by atoms with Gasteiger partial charge in [-0.15, -0.1) is 0 Å². The number of benzene rings is 1. The van der Waals surface area contributed by atoms with Gasteiger partial charge < -0.3 is 14.9 Å². The number of aliphatic hydroxyl groups is 1. The van der Waals surface area contributed by atoms with Crippen molar-refractivity contribution < 1.29 is 14.4 Å². The Morgan fingerprint density at radius 3 is 2.91 bits per heavy atom. The van der Waals surface area contributed by atoms with Crippen LogP contribution < -0.4 is 5.32 Å². The minimum absolute atomic E-state index is 0.0217. The van der Waals surface area contributed by atoms with Crippen LogP contribution in [0, 0.1) is 11.3 Å². The van der Waals surface area contributed by atoms with Crippen molar-refractivity contribution in [3.63, 3.8) is 0 Å². The first-order chi connectivity index (χ1) is 11.1. The predicted octanol–water partition coefficient (Wildman–Crippen LogP) is 2.68. The van der Waals surface area contributed by atoms with Gasteiger partial charge in [-0.05, 0) is 42.7 Å². The van der Waals surface area contributed by atoms with Gasteiger partial charge in [0, 0.05) is 18.5 Å². The van der Waals surface area contributed by atoms with Gasteiger partial charge in [-0.2, -0.15) is 0 Å². The lowest BCUT2D eigenvalue weighted by atomic mass is 9.60. The van der Waals surface area contributed by atoms with E-state index in [0.29, 0.717) is 23.7 Å². The Morgan fingerprint density at radius 1 is 1.43 bits per heavy atom. The second kappa shape index (κ2) is 6.71. The van der Waals surface area contributed by atoms with Crippen molar-refractivity contribution in [1.82, 2.24) is 10.5 Å². The molecule has 1 saturated carbocycles. The predicted molar refractivity (Wildman–Crippen MR) is 87.9 cm³/mol. The fourth-order valence-electron chi connectivity index (χ4n) is 3.53. The Labute approximate surface area is 136 Å². The Hall–Kier alpha value is -1.88. The maximum Gasteiger partial charge on any atom is 0.226 e. The number of carbonyl (C=O) groups excluding carboxylic acids is 1. The monoisotopic (exact) mass is 316 g/mol. The lowest BCUT2D eigenvalue weighted by Gasteiger charge is -2.47. The van der Waals surface area contributed by atoms with Gasteiger partial charge in [0.1, 0.15) is 5.69 Å². The average molecular weight is 316 g/mol. The van der Waals surface area contributed by atoms with Crippen LogP contribution >= 0.6 is 0 Å². The first kappa shape index (κ1) is 16.0. The summed E-state index contributed by atoms with van der Waals surface area (Å²) in [5.74, 6) is 0.404. The number of nitrogens with one attached hydrogen (secondary N) is 1. The molecule has 1 atom stereocenters. The van der Waals surface area contributed by atoms with E-state index >= 15 is 0 Å². The van der Waals surface area contributed by atoms with Crippen LogP contribution in [0.1, 0.15) is 38.3 Å². The summed E-state index contributed by atoms with van der Waals surface area (Å²) >= 11 is 0. The molecule has 0 saturated heterocycles. The number of aliphatic hydroxyl groups excluding tert-OH is 1. The number of nitrogens with zero attached hydrogens (tertiary/aromatic N) is 1. The molecule has 5 heteroatoms. The smallest absolute Gasteiger partial charge is 0.226 e. The van der Waals surface area contributed by atoms with Crippen LogP contribution in [0.25, 0.3) is 11.0 Å². The fourth-order valence-corrected chi connectivity index (χ4v) is 3.53. The molecule has 1 unspecified atom stereocenters. The molecule has 2 aromatic rings. The molecule has 1 aliphatic rings. The van der Waals surface area contributed by atoms with Crippen molar-refractivity contribution in [2.75, 3.05) is 13.2 Å². The zero-order chi connectivity index (χ0) is 16.3. The van der Waals surface area contributed by atoms with Crippen molar-refractivity contribution >= 4 is 16.9 Å². The quantitative estimate of drug-likeness (QED) is 0.823. The van der Waals surface area contributed by atoms with Crippen LogP contribution in [0.2, 0.25) is 0 Å². The number of amides is 1. The lowest BCUT2D eigenvalue weighted by molar-refractivity contribution is -0.121. The van der Waals surface area contributed by atoms with Crippen LogP contribution in [0.15, 0.2) is 28.8 Å². The Morgan fingerprint density at radius 2 is 2.22 bits per heavy atom. The van der Waals surface area contributed by atoms with Crippen molar-refractivity contribution in [2.24, 2.45) is 11.3 Å². The zero-order valence-corrected chi connectivity index (χ0v) is 13.5. The molecule has 1 aromatic carbocycles. The lowest BCUT2D eigenvalue weighted by Crippen LogP contribution is -2.46. The van der Waals surface area contributed by atoms with Gasteiger partial charge in [-0.25, -0.2) is 0 Å². The zero-order valence-electron chi connectivity index (χ0n) is 13.5. The highest BCUT2D eigenvalue weighted by atomic mass is 16.5. The van der Waals surface area contributed by atoms with E-state index in [0.717, 1.165) is 24.6 Å². The van der Waals surface area contributed by atoms with Crippen LogP contribution in [0.4, 0.5) is 0 Å². The number of hydrogen-bond donors (Lipinski definition) is 2. The molecule has 0 radical (unpaired) electrons. The third kappa shape index (κ3) is 3.24. The fraction of sp³-hybridized carbons (Fsp3) is 0.556. The van der Waals surface area contributed by atoms with Crippen molar-refractivity contribution in [3.8, 4) is 0 Å². The Balaban J connectivity index is 1.59. The maximum absolute atomic E-state index is 12.3. The molecule has 3 rings (SSSR count). The molecule has 0 spiro atoms. The molecule has 23 heavy (non-hydrogen) atoms. The first-order valence-corrected chi connectivity index (χ1v) is 8.35. The number of rotatable bonds is 7. The molecule has 2 N–H and O–H groups in total. The standard InChI is InChI=1S/C18H24N2O3/c1-13(7-10-21)18(8-4-9-18)12-19-17(22)11-15-14-5-2-3-6-16(14)23-20-15/h2-3,5-6,13,21H,4,7-12H2,1H3,(H,19,22). The molecule has 124 valence electrons. The molecule has 0 aliphatic heterocycles.